The summed E-state index contributed by atoms with van der Waals surface area (Å²) in [5.74, 6) is -1.29. The van der Waals surface area contributed by atoms with Crippen LogP contribution in [0.5, 0.6) is 0 Å². The van der Waals surface area contributed by atoms with Crippen LogP contribution in [0.3, 0.4) is 0 Å². The van der Waals surface area contributed by atoms with Gasteiger partial charge in [-0.15, -0.1) is 0 Å². The maximum Gasteiger partial charge on any atom is 0.306 e. The number of carboxylic acid groups (broad SMARTS) is 1. The topological polar surface area (TPSA) is 92.4 Å². The standard InChI is InChI=1S/C16H14Cl2N2O4/c1-7-12(15(21)19-9-5-8(6-9)16(22)23)14(20-24-7)13-10(17)3-2-4-11(13)18/h2-4,8-9H,5-6H2,1H3,(H,19,21)(H,22,23). The van der Waals surface area contributed by atoms with E-state index in [1.165, 1.54) is 0 Å². The molecule has 1 heterocycles. The molecule has 24 heavy (non-hydrogen) atoms. The number of aliphatic carboxylic acids is 1. The molecule has 0 atom stereocenters. The molecule has 0 saturated heterocycles. The van der Waals surface area contributed by atoms with Gasteiger partial charge < -0.3 is 14.9 Å². The molecule has 0 unspecified atom stereocenters. The lowest BCUT2D eigenvalue weighted by Gasteiger charge is -2.32. The minimum atomic E-state index is -0.842. The molecule has 126 valence electrons. The molecule has 2 aromatic rings. The second kappa shape index (κ2) is 6.45. The smallest absolute Gasteiger partial charge is 0.306 e. The van der Waals surface area contributed by atoms with E-state index in [0.29, 0.717) is 34.2 Å². The summed E-state index contributed by atoms with van der Waals surface area (Å²) in [6.45, 7) is 1.62. The third kappa shape index (κ3) is 2.99. The van der Waals surface area contributed by atoms with Crippen LogP contribution >= 0.6 is 23.2 Å². The first-order chi connectivity index (χ1) is 11.4. The monoisotopic (exact) mass is 368 g/mol. The number of nitrogens with one attached hydrogen (secondary N) is 1. The van der Waals surface area contributed by atoms with Crippen LogP contribution < -0.4 is 5.32 Å². The highest BCUT2D eigenvalue weighted by atomic mass is 35.5. The number of nitrogens with zero attached hydrogens (tertiary/aromatic N) is 1. The second-order valence-electron chi connectivity index (χ2n) is 5.74. The van der Waals surface area contributed by atoms with Gasteiger partial charge in [-0.1, -0.05) is 34.4 Å². The number of rotatable bonds is 4. The Morgan fingerprint density at radius 3 is 2.50 bits per heavy atom. The van der Waals surface area contributed by atoms with Gasteiger partial charge in [-0.05, 0) is 31.9 Å². The van der Waals surface area contributed by atoms with Crippen LogP contribution in [0.15, 0.2) is 22.7 Å². The van der Waals surface area contributed by atoms with E-state index in [4.69, 9.17) is 32.8 Å². The molecule has 0 bridgehead atoms. The molecular formula is C16H14Cl2N2O4. The van der Waals surface area contributed by atoms with Crippen molar-refractivity contribution in [2.24, 2.45) is 5.92 Å². The van der Waals surface area contributed by atoms with Crippen LogP contribution in [0.1, 0.15) is 29.0 Å². The molecule has 1 fully saturated rings. The van der Waals surface area contributed by atoms with Crippen molar-refractivity contribution in [2.75, 3.05) is 0 Å². The van der Waals surface area contributed by atoms with Crippen molar-refractivity contribution in [2.45, 2.75) is 25.8 Å². The number of amides is 1. The number of benzene rings is 1. The van der Waals surface area contributed by atoms with E-state index < -0.39 is 11.9 Å². The van der Waals surface area contributed by atoms with Crippen LogP contribution in [0.4, 0.5) is 0 Å². The molecule has 2 N–H and O–H groups in total. The minimum absolute atomic E-state index is 0.178. The predicted molar refractivity (Wildman–Crippen MR) is 88.3 cm³/mol. The fraction of sp³-hybridized carbons (Fsp3) is 0.312. The van der Waals surface area contributed by atoms with E-state index in [1.54, 1.807) is 25.1 Å². The van der Waals surface area contributed by atoms with E-state index in [-0.39, 0.29) is 23.2 Å². The SMILES string of the molecule is Cc1onc(-c2c(Cl)cccc2Cl)c1C(=O)NC1CC(C(=O)O)C1. The summed E-state index contributed by atoms with van der Waals surface area (Å²) in [6, 6.07) is 4.82. The average molecular weight is 369 g/mol. The Kier molecular flexibility index (Phi) is 4.51. The van der Waals surface area contributed by atoms with Gasteiger partial charge in [-0.3, -0.25) is 9.59 Å². The first-order valence-corrected chi connectivity index (χ1v) is 8.08. The first-order valence-electron chi connectivity index (χ1n) is 7.32. The van der Waals surface area contributed by atoms with Crippen molar-refractivity contribution in [1.29, 1.82) is 0 Å². The number of hydrogen-bond acceptors (Lipinski definition) is 4. The molecule has 1 aliphatic carbocycles. The average Bonchev–Trinajstić information content (AvgIpc) is 2.83. The van der Waals surface area contributed by atoms with E-state index >= 15 is 0 Å². The molecule has 6 nitrogen and oxygen atoms in total. The lowest BCUT2D eigenvalue weighted by Crippen LogP contribution is -2.46. The van der Waals surface area contributed by atoms with Crippen molar-refractivity contribution in [1.82, 2.24) is 10.5 Å². The van der Waals surface area contributed by atoms with Gasteiger partial charge >= 0.3 is 5.97 Å². The summed E-state index contributed by atoms with van der Waals surface area (Å²) < 4.78 is 5.15. The number of carboxylic acids is 1. The zero-order valence-electron chi connectivity index (χ0n) is 12.7. The van der Waals surface area contributed by atoms with Crippen LogP contribution in [-0.4, -0.2) is 28.2 Å². The van der Waals surface area contributed by atoms with E-state index in [1.807, 2.05) is 0 Å². The Labute approximate surface area is 147 Å². The van der Waals surface area contributed by atoms with Crippen molar-refractivity contribution >= 4 is 35.1 Å². The van der Waals surface area contributed by atoms with E-state index in [9.17, 15) is 9.59 Å². The zero-order valence-corrected chi connectivity index (χ0v) is 14.2. The fourth-order valence-corrected chi connectivity index (χ4v) is 3.31. The fourth-order valence-electron chi connectivity index (χ4n) is 2.73. The third-order valence-electron chi connectivity index (χ3n) is 4.11. The Bertz CT molecular complexity index is 792. The number of aryl methyl sites for hydroxylation is 1. The summed E-state index contributed by atoms with van der Waals surface area (Å²) in [6.07, 6.45) is 0.821. The summed E-state index contributed by atoms with van der Waals surface area (Å²) in [7, 11) is 0. The molecule has 0 spiro atoms. The van der Waals surface area contributed by atoms with Gasteiger partial charge in [0.15, 0.2) is 0 Å². The maximum atomic E-state index is 12.6. The van der Waals surface area contributed by atoms with Gasteiger partial charge in [-0.2, -0.15) is 0 Å². The van der Waals surface area contributed by atoms with Crippen molar-refractivity contribution in [3.63, 3.8) is 0 Å². The van der Waals surface area contributed by atoms with Gasteiger partial charge in [0.25, 0.3) is 5.91 Å². The molecule has 1 amide bonds. The molecule has 1 saturated carbocycles. The maximum absolute atomic E-state index is 12.6. The van der Waals surface area contributed by atoms with Gasteiger partial charge in [0.1, 0.15) is 17.0 Å². The molecule has 0 radical (unpaired) electrons. The number of carbonyl (C=O) groups excluding carboxylic acids is 1. The van der Waals surface area contributed by atoms with Gasteiger partial charge in [0.2, 0.25) is 0 Å². The zero-order chi connectivity index (χ0) is 17.4. The lowest BCUT2D eigenvalue weighted by atomic mass is 9.80. The van der Waals surface area contributed by atoms with Crippen LogP contribution in [-0.2, 0) is 4.79 Å². The number of halogens is 2. The van der Waals surface area contributed by atoms with Crippen LogP contribution in [0.25, 0.3) is 11.3 Å². The Hall–Kier alpha value is -2.05. The van der Waals surface area contributed by atoms with Crippen molar-refractivity contribution in [3.8, 4) is 11.3 Å². The summed E-state index contributed by atoms with van der Waals surface area (Å²) >= 11 is 12.4. The Morgan fingerprint density at radius 2 is 1.92 bits per heavy atom. The molecule has 0 aliphatic heterocycles. The van der Waals surface area contributed by atoms with Gasteiger partial charge in [0.05, 0.1) is 16.0 Å². The molecule has 1 aromatic carbocycles. The second-order valence-corrected chi connectivity index (χ2v) is 6.55. The molecule has 3 rings (SSSR count). The number of hydrogen-bond donors (Lipinski definition) is 2. The van der Waals surface area contributed by atoms with Crippen LogP contribution in [0.2, 0.25) is 10.0 Å². The molecule has 1 aliphatic rings. The largest absolute Gasteiger partial charge is 0.481 e. The quantitative estimate of drug-likeness (QED) is 0.860. The van der Waals surface area contributed by atoms with E-state index in [2.05, 4.69) is 10.5 Å². The van der Waals surface area contributed by atoms with Gasteiger partial charge in [-0.25, -0.2) is 0 Å². The highest BCUT2D eigenvalue weighted by Crippen LogP contribution is 2.37. The Morgan fingerprint density at radius 1 is 1.29 bits per heavy atom. The lowest BCUT2D eigenvalue weighted by molar-refractivity contribution is -0.145. The summed E-state index contributed by atoms with van der Waals surface area (Å²) in [5.41, 5.74) is 0.957. The van der Waals surface area contributed by atoms with Crippen LogP contribution in [0, 0.1) is 12.8 Å². The van der Waals surface area contributed by atoms with E-state index in [0.717, 1.165) is 0 Å². The summed E-state index contributed by atoms with van der Waals surface area (Å²) in [4.78, 5) is 23.4. The summed E-state index contributed by atoms with van der Waals surface area (Å²) in [5, 5.41) is 16.4. The van der Waals surface area contributed by atoms with Crippen molar-refractivity contribution < 1.29 is 19.2 Å². The van der Waals surface area contributed by atoms with Gasteiger partial charge in [0, 0.05) is 11.6 Å². The first kappa shape index (κ1) is 16.8. The minimum Gasteiger partial charge on any atom is -0.481 e. The van der Waals surface area contributed by atoms with Crippen molar-refractivity contribution in [3.05, 3.63) is 39.6 Å². The predicted octanol–water partition coefficient (Wildman–Crippen LogP) is 3.55. The highest BCUT2D eigenvalue weighted by molar-refractivity contribution is 6.39. The number of carbonyl (C=O) groups is 2. The Balaban J connectivity index is 1.86. The third-order valence-corrected chi connectivity index (χ3v) is 4.74. The molecule has 8 heteroatoms. The highest BCUT2D eigenvalue weighted by Gasteiger charge is 2.36. The molecular weight excluding hydrogens is 355 g/mol. The normalized spacial score (nSPS) is 19.6. The molecule has 1 aromatic heterocycles. The number of aromatic nitrogens is 1.